The Hall–Kier alpha value is -2.93. The van der Waals surface area contributed by atoms with Crippen LogP contribution in [-0.4, -0.2) is 37.7 Å². The number of hydrogen-bond donors (Lipinski definition) is 1. The number of aromatic nitrogens is 5. The summed E-state index contributed by atoms with van der Waals surface area (Å²) in [5.74, 6) is 0.0510. The zero-order valence-corrected chi connectivity index (χ0v) is 15.9. The van der Waals surface area contributed by atoms with E-state index >= 15 is 0 Å². The second-order valence-corrected chi connectivity index (χ2v) is 7.51. The van der Waals surface area contributed by atoms with Crippen LogP contribution in [0.4, 0.5) is 4.39 Å². The third kappa shape index (κ3) is 2.92. The molecular formula is C21H21FN6. The van der Waals surface area contributed by atoms with Crippen molar-refractivity contribution in [3.05, 3.63) is 53.5 Å². The van der Waals surface area contributed by atoms with Crippen LogP contribution in [0, 0.1) is 19.7 Å². The number of piperidine rings is 1. The summed E-state index contributed by atoms with van der Waals surface area (Å²) in [6.07, 6.45) is 5.83. The second-order valence-electron chi connectivity index (χ2n) is 7.51. The number of benzene rings is 1. The predicted octanol–water partition coefficient (Wildman–Crippen LogP) is 3.56. The van der Waals surface area contributed by atoms with Crippen molar-refractivity contribution in [2.24, 2.45) is 0 Å². The first-order valence-electron chi connectivity index (χ1n) is 9.59. The first-order chi connectivity index (χ1) is 13.6. The standard InChI is InChI=1S/C21H21FN6/c1-12-10-28-11-20(25-21(28)13(2)24-12)15-7-17(22)16-9-18(26-27-19(16)8-15)14-3-5-23-6-4-14/h7-11,14,23H,3-6H2,1-2H3. The molecule has 0 bridgehead atoms. The zero-order chi connectivity index (χ0) is 19.3. The third-order valence-corrected chi connectivity index (χ3v) is 5.45. The van der Waals surface area contributed by atoms with Crippen molar-refractivity contribution in [3.63, 3.8) is 0 Å². The molecule has 4 heterocycles. The van der Waals surface area contributed by atoms with E-state index < -0.39 is 0 Å². The van der Waals surface area contributed by atoms with E-state index in [2.05, 4.69) is 25.5 Å². The van der Waals surface area contributed by atoms with Gasteiger partial charge in [-0.25, -0.2) is 9.37 Å². The van der Waals surface area contributed by atoms with Crippen LogP contribution < -0.4 is 5.32 Å². The summed E-state index contributed by atoms with van der Waals surface area (Å²) >= 11 is 0. The molecule has 28 heavy (non-hydrogen) atoms. The SMILES string of the molecule is Cc1cn2cc(-c3cc(F)c4cc(C5CCNCC5)nnc4c3)nc2c(C)n1. The monoisotopic (exact) mass is 376 g/mol. The fourth-order valence-electron chi connectivity index (χ4n) is 4.03. The molecule has 5 rings (SSSR count). The molecule has 0 aliphatic carbocycles. The molecule has 142 valence electrons. The Morgan fingerprint density at radius 3 is 2.68 bits per heavy atom. The van der Waals surface area contributed by atoms with Crippen LogP contribution in [0.25, 0.3) is 27.8 Å². The number of halogens is 1. The summed E-state index contributed by atoms with van der Waals surface area (Å²) in [5.41, 5.74) is 5.35. The van der Waals surface area contributed by atoms with Gasteiger partial charge < -0.3 is 9.72 Å². The minimum atomic E-state index is -0.291. The van der Waals surface area contributed by atoms with Crippen LogP contribution in [0.2, 0.25) is 0 Å². The lowest BCUT2D eigenvalue weighted by Gasteiger charge is -2.21. The molecule has 4 aromatic rings. The molecule has 0 amide bonds. The number of aryl methyl sites for hydroxylation is 2. The Bertz CT molecular complexity index is 1190. The van der Waals surface area contributed by atoms with Crippen LogP contribution in [-0.2, 0) is 0 Å². The highest BCUT2D eigenvalue weighted by Crippen LogP contribution is 2.29. The molecular weight excluding hydrogens is 355 g/mol. The topological polar surface area (TPSA) is 68.0 Å². The molecule has 6 nitrogen and oxygen atoms in total. The van der Waals surface area contributed by atoms with E-state index in [-0.39, 0.29) is 5.82 Å². The minimum Gasteiger partial charge on any atom is -0.317 e. The van der Waals surface area contributed by atoms with Gasteiger partial charge in [0.15, 0.2) is 5.65 Å². The molecule has 3 aromatic heterocycles. The van der Waals surface area contributed by atoms with Gasteiger partial charge in [-0.3, -0.25) is 4.98 Å². The lowest BCUT2D eigenvalue weighted by atomic mass is 9.93. The van der Waals surface area contributed by atoms with Gasteiger partial charge in [0.25, 0.3) is 0 Å². The van der Waals surface area contributed by atoms with Crippen LogP contribution in [0.5, 0.6) is 0 Å². The maximum Gasteiger partial charge on any atom is 0.158 e. The van der Waals surface area contributed by atoms with Gasteiger partial charge in [-0.1, -0.05) is 0 Å². The normalized spacial score (nSPS) is 15.5. The number of imidazole rings is 1. The molecule has 1 aliphatic heterocycles. The van der Waals surface area contributed by atoms with Gasteiger partial charge >= 0.3 is 0 Å². The molecule has 0 spiro atoms. The number of rotatable bonds is 2. The van der Waals surface area contributed by atoms with Gasteiger partial charge in [0.2, 0.25) is 0 Å². The average Bonchev–Trinajstić information content (AvgIpc) is 3.13. The third-order valence-electron chi connectivity index (χ3n) is 5.45. The van der Waals surface area contributed by atoms with Gasteiger partial charge in [-0.15, -0.1) is 0 Å². The van der Waals surface area contributed by atoms with E-state index in [1.54, 1.807) is 0 Å². The van der Waals surface area contributed by atoms with Crippen molar-refractivity contribution in [2.45, 2.75) is 32.6 Å². The summed E-state index contributed by atoms with van der Waals surface area (Å²) in [7, 11) is 0. The predicted molar refractivity (Wildman–Crippen MR) is 106 cm³/mol. The lowest BCUT2D eigenvalue weighted by molar-refractivity contribution is 0.451. The fraction of sp³-hybridized carbons (Fsp3) is 0.333. The van der Waals surface area contributed by atoms with Gasteiger partial charge in [0.1, 0.15) is 5.82 Å². The Kier molecular flexibility index (Phi) is 4.05. The molecule has 7 heteroatoms. The number of hydrogen-bond acceptors (Lipinski definition) is 5. The first kappa shape index (κ1) is 17.2. The molecule has 1 N–H and O–H groups in total. The number of nitrogens with one attached hydrogen (secondary N) is 1. The molecule has 1 fully saturated rings. The summed E-state index contributed by atoms with van der Waals surface area (Å²) in [5, 5.41) is 12.6. The largest absolute Gasteiger partial charge is 0.317 e. The van der Waals surface area contributed by atoms with Crippen LogP contribution in [0.15, 0.2) is 30.6 Å². The molecule has 0 radical (unpaired) electrons. The van der Waals surface area contributed by atoms with Crippen molar-refractivity contribution in [1.29, 1.82) is 0 Å². The summed E-state index contributed by atoms with van der Waals surface area (Å²) in [6.45, 7) is 5.80. The summed E-state index contributed by atoms with van der Waals surface area (Å²) in [6, 6.07) is 5.25. The van der Waals surface area contributed by atoms with Crippen molar-refractivity contribution in [3.8, 4) is 11.3 Å². The van der Waals surface area contributed by atoms with Gasteiger partial charge in [-0.05, 0) is 58.0 Å². The van der Waals surface area contributed by atoms with Crippen LogP contribution in [0.3, 0.4) is 0 Å². The van der Waals surface area contributed by atoms with E-state index in [1.165, 1.54) is 6.07 Å². The van der Waals surface area contributed by atoms with Gasteiger partial charge in [0.05, 0.1) is 28.3 Å². The van der Waals surface area contributed by atoms with Gasteiger partial charge in [0, 0.05) is 29.3 Å². The summed E-state index contributed by atoms with van der Waals surface area (Å²) in [4.78, 5) is 9.09. The second kappa shape index (κ2) is 6.60. The van der Waals surface area contributed by atoms with E-state index in [9.17, 15) is 4.39 Å². The Morgan fingerprint density at radius 1 is 1.04 bits per heavy atom. The highest BCUT2D eigenvalue weighted by atomic mass is 19.1. The average molecular weight is 376 g/mol. The highest BCUT2D eigenvalue weighted by molar-refractivity contribution is 5.84. The Morgan fingerprint density at radius 2 is 1.86 bits per heavy atom. The number of fused-ring (bicyclic) bond motifs is 2. The maximum absolute atomic E-state index is 15.0. The van der Waals surface area contributed by atoms with E-state index in [0.29, 0.717) is 28.1 Å². The van der Waals surface area contributed by atoms with Gasteiger partial charge in [-0.2, -0.15) is 10.2 Å². The summed E-state index contributed by atoms with van der Waals surface area (Å²) < 4.78 is 16.9. The van der Waals surface area contributed by atoms with E-state index in [4.69, 9.17) is 0 Å². The Labute approximate surface area is 161 Å². The molecule has 0 saturated carbocycles. The molecule has 1 aromatic carbocycles. The number of nitrogens with zero attached hydrogens (tertiary/aromatic N) is 5. The minimum absolute atomic E-state index is 0.291. The smallest absolute Gasteiger partial charge is 0.158 e. The van der Waals surface area contributed by atoms with E-state index in [1.807, 2.05) is 42.8 Å². The first-order valence-corrected chi connectivity index (χ1v) is 9.59. The fourth-order valence-corrected chi connectivity index (χ4v) is 4.03. The van der Waals surface area contributed by atoms with Crippen molar-refractivity contribution >= 4 is 16.6 Å². The molecule has 1 aliphatic rings. The lowest BCUT2D eigenvalue weighted by Crippen LogP contribution is -2.27. The quantitative estimate of drug-likeness (QED) is 0.579. The highest BCUT2D eigenvalue weighted by Gasteiger charge is 2.19. The molecule has 0 unspecified atom stereocenters. The Balaban J connectivity index is 1.58. The van der Waals surface area contributed by atoms with Crippen molar-refractivity contribution in [1.82, 2.24) is 29.9 Å². The zero-order valence-electron chi connectivity index (χ0n) is 15.9. The van der Waals surface area contributed by atoms with Crippen LogP contribution >= 0.6 is 0 Å². The van der Waals surface area contributed by atoms with E-state index in [0.717, 1.165) is 48.7 Å². The van der Waals surface area contributed by atoms with Crippen LogP contribution in [0.1, 0.15) is 35.8 Å². The molecule has 0 atom stereocenters. The van der Waals surface area contributed by atoms with Crippen molar-refractivity contribution in [2.75, 3.05) is 13.1 Å². The van der Waals surface area contributed by atoms with Crippen molar-refractivity contribution < 1.29 is 4.39 Å². The molecule has 1 saturated heterocycles. The maximum atomic E-state index is 15.0.